The Bertz CT molecular complexity index is 300. The molecule has 0 saturated heterocycles. The molecular formula is C8H9N3O. The standard InChI is InChI=1S/C8H9N3O/c9-5-10-8-11-6-3-1-2-4-7(6)12-8/h1-4H2,(H,10,11). The van der Waals surface area contributed by atoms with Crippen molar-refractivity contribution in [3.8, 4) is 6.19 Å². The molecule has 2 rings (SSSR count). The van der Waals surface area contributed by atoms with E-state index in [1.807, 2.05) is 0 Å². The minimum atomic E-state index is 0.337. The van der Waals surface area contributed by atoms with Crippen LogP contribution in [0.2, 0.25) is 0 Å². The van der Waals surface area contributed by atoms with Gasteiger partial charge in [-0.2, -0.15) is 10.2 Å². The average Bonchev–Trinajstić information content (AvgIpc) is 2.47. The lowest BCUT2D eigenvalue weighted by molar-refractivity contribution is 0.489. The molecule has 0 fully saturated rings. The molecule has 4 heteroatoms. The third-order valence-electron chi connectivity index (χ3n) is 2.01. The minimum Gasteiger partial charge on any atom is -0.428 e. The van der Waals surface area contributed by atoms with E-state index in [-0.39, 0.29) is 0 Å². The number of rotatable bonds is 1. The summed E-state index contributed by atoms with van der Waals surface area (Å²) in [7, 11) is 0. The second-order valence-electron chi connectivity index (χ2n) is 2.83. The van der Waals surface area contributed by atoms with E-state index >= 15 is 0 Å². The fraction of sp³-hybridized carbons (Fsp3) is 0.500. The van der Waals surface area contributed by atoms with Gasteiger partial charge in [0, 0.05) is 6.42 Å². The number of nitrogens with one attached hydrogen (secondary N) is 1. The normalized spacial score (nSPS) is 14.9. The Labute approximate surface area is 70.2 Å². The predicted molar refractivity (Wildman–Crippen MR) is 42.4 cm³/mol. The molecule has 1 aromatic heterocycles. The molecule has 0 saturated carbocycles. The number of aromatic nitrogens is 1. The molecule has 1 aliphatic carbocycles. The van der Waals surface area contributed by atoms with Gasteiger partial charge in [-0.25, -0.2) is 5.32 Å². The van der Waals surface area contributed by atoms with Crippen LogP contribution in [0, 0.1) is 11.5 Å². The first-order chi connectivity index (χ1) is 5.90. The van der Waals surface area contributed by atoms with Crippen LogP contribution < -0.4 is 5.32 Å². The number of nitrogens with zero attached hydrogens (tertiary/aromatic N) is 2. The average molecular weight is 163 g/mol. The summed E-state index contributed by atoms with van der Waals surface area (Å²) >= 11 is 0. The number of anilines is 1. The Morgan fingerprint density at radius 3 is 3.00 bits per heavy atom. The van der Waals surface area contributed by atoms with Crippen LogP contribution in [0.3, 0.4) is 0 Å². The van der Waals surface area contributed by atoms with Crippen LogP contribution in [0.15, 0.2) is 4.42 Å². The molecule has 0 bridgehead atoms. The van der Waals surface area contributed by atoms with Gasteiger partial charge in [-0.15, -0.1) is 0 Å². The van der Waals surface area contributed by atoms with E-state index in [1.54, 1.807) is 6.19 Å². The van der Waals surface area contributed by atoms with Crippen LogP contribution in [0.1, 0.15) is 24.3 Å². The maximum absolute atomic E-state index is 8.32. The molecular weight excluding hydrogens is 154 g/mol. The van der Waals surface area contributed by atoms with Gasteiger partial charge in [-0.1, -0.05) is 0 Å². The SMILES string of the molecule is N#CNc1nc2c(o1)CCCC2. The van der Waals surface area contributed by atoms with Gasteiger partial charge >= 0.3 is 6.01 Å². The number of fused-ring (bicyclic) bond motifs is 1. The predicted octanol–water partition coefficient (Wildman–Crippen LogP) is 1.45. The summed E-state index contributed by atoms with van der Waals surface area (Å²) in [6.07, 6.45) is 6.05. The molecule has 0 unspecified atom stereocenters. The van der Waals surface area contributed by atoms with E-state index in [0.717, 1.165) is 30.7 Å². The molecule has 0 atom stereocenters. The molecule has 62 valence electrons. The van der Waals surface area contributed by atoms with Crippen molar-refractivity contribution in [3.05, 3.63) is 11.5 Å². The van der Waals surface area contributed by atoms with Crippen molar-refractivity contribution in [3.63, 3.8) is 0 Å². The minimum absolute atomic E-state index is 0.337. The maximum atomic E-state index is 8.32. The highest BCUT2D eigenvalue weighted by Gasteiger charge is 2.16. The van der Waals surface area contributed by atoms with E-state index in [4.69, 9.17) is 9.68 Å². The Morgan fingerprint density at radius 2 is 2.25 bits per heavy atom. The lowest BCUT2D eigenvalue weighted by atomic mass is 10.0. The fourth-order valence-corrected chi connectivity index (χ4v) is 1.45. The number of nitriles is 1. The molecule has 0 aliphatic heterocycles. The third kappa shape index (κ3) is 1.14. The van der Waals surface area contributed by atoms with Crippen molar-refractivity contribution in [1.82, 2.24) is 4.98 Å². The van der Waals surface area contributed by atoms with Crippen LogP contribution in [-0.4, -0.2) is 4.98 Å². The zero-order chi connectivity index (χ0) is 8.39. The van der Waals surface area contributed by atoms with Crippen molar-refractivity contribution in [2.24, 2.45) is 0 Å². The summed E-state index contributed by atoms with van der Waals surface area (Å²) < 4.78 is 5.30. The van der Waals surface area contributed by atoms with E-state index in [1.165, 1.54) is 6.42 Å². The molecule has 1 aliphatic rings. The van der Waals surface area contributed by atoms with Gasteiger partial charge in [0.15, 0.2) is 6.19 Å². The first kappa shape index (κ1) is 7.17. The molecule has 4 nitrogen and oxygen atoms in total. The Kier molecular flexibility index (Phi) is 1.71. The number of aryl methyl sites for hydroxylation is 2. The van der Waals surface area contributed by atoms with Crippen molar-refractivity contribution >= 4 is 6.01 Å². The van der Waals surface area contributed by atoms with E-state index in [9.17, 15) is 0 Å². The molecule has 0 aromatic carbocycles. The third-order valence-corrected chi connectivity index (χ3v) is 2.01. The molecule has 0 amide bonds. The van der Waals surface area contributed by atoms with Gasteiger partial charge in [-0.3, -0.25) is 0 Å². The number of hydrogen-bond acceptors (Lipinski definition) is 4. The van der Waals surface area contributed by atoms with Crippen molar-refractivity contribution in [2.75, 3.05) is 5.32 Å². The lowest BCUT2D eigenvalue weighted by Crippen LogP contribution is -1.99. The molecule has 1 N–H and O–H groups in total. The summed E-state index contributed by atoms with van der Waals surface area (Å²) in [5, 5.41) is 10.7. The van der Waals surface area contributed by atoms with Crippen LogP contribution in [0.4, 0.5) is 6.01 Å². The first-order valence-corrected chi connectivity index (χ1v) is 4.04. The number of oxazole rings is 1. The van der Waals surface area contributed by atoms with Gasteiger partial charge in [0.2, 0.25) is 0 Å². The Balaban J connectivity index is 2.27. The summed E-state index contributed by atoms with van der Waals surface area (Å²) in [6.45, 7) is 0. The summed E-state index contributed by atoms with van der Waals surface area (Å²) in [5.74, 6) is 0.944. The van der Waals surface area contributed by atoms with Gasteiger partial charge in [0.1, 0.15) is 5.76 Å². The highest BCUT2D eigenvalue weighted by atomic mass is 16.4. The van der Waals surface area contributed by atoms with Gasteiger partial charge in [-0.05, 0) is 19.3 Å². The molecule has 12 heavy (non-hydrogen) atoms. The number of hydrogen-bond donors (Lipinski definition) is 1. The van der Waals surface area contributed by atoms with Crippen molar-refractivity contribution in [2.45, 2.75) is 25.7 Å². The summed E-state index contributed by atoms with van der Waals surface area (Å²) in [5.41, 5.74) is 1.01. The fourth-order valence-electron chi connectivity index (χ4n) is 1.45. The quantitative estimate of drug-likeness (QED) is 0.502. The second-order valence-corrected chi connectivity index (χ2v) is 2.83. The Morgan fingerprint density at radius 1 is 1.42 bits per heavy atom. The van der Waals surface area contributed by atoms with Gasteiger partial charge < -0.3 is 4.42 Å². The maximum Gasteiger partial charge on any atom is 0.308 e. The zero-order valence-corrected chi connectivity index (χ0v) is 6.63. The van der Waals surface area contributed by atoms with Gasteiger partial charge in [0.05, 0.1) is 5.69 Å². The largest absolute Gasteiger partial charge is 0.428 e. The van der Waals surface area contributed by atoms with E-state index in [0.29, 0.717) is 6.01 Å². The topological polar surface area (TPSA) is 61.9 Å². The van der Waals surface area contributed by atoms with E-state index in [2.05, 4.69) is 10.3 Å². The van der Waals surface area contributed by atoms with Gasteiger partial charge in [0.25, 0.3) is 0 Å². The van der Waals surface area contributed by atoms with Crippen LogP contribution in [0.5, 0.6) is 0 Å². The monoisotopic (exact) mass is 163 g/mol. The second kappa shape index (κ2) is 2.86. The van der Waals surface area contributed by atoms with Crippen LogP contribution >= 0.6 is 0 Å². The van der Waals surface area contributed by atoms with E-state index < -0.39 is 0 Å². The first-order valence-electron chi connectivity index (χ1n) is 4.04. The highest BCUT2D eigenvalue weighted by Crippen LogP contribution is 2.23. The molecule has 0 radical (unpaired) electrons. The zero-order valence-electron chi connectivity index (χ0n) is 6.63. The van der Waals surface area contributed by atoms with Crippen molar-refractivity contribution in [1.29, 1.82) is 5.26 Å². The van der Waals surface area contributed by atoms with Crippen LogP contribution in [0.25, 0.3) is 0 Å². The Hall–Kier alpha value is -1.50. The van der Waals surface area contributed by atoms with Crippen LogP contribution in [-0.2, 0) is 12.8 Å². The summed E-state index contributed by atoms with van der Waals surface area (Å²) in [4.78, 5) is 4.14. The molecule has 0 spiro atoms. The smallest absolute Gasteiger partial charge is 0.308 e. The highest BCUT2D eigenvalue weighted by molar-refractivity contribution is 5.30. The van der Waals surface area contributed by atoms with Crippen molar-refractivity contribution < 1.29 is 4.42 Å². The summed E-state index contributed by atoms with van der Waals surface area (Å²) in [6, 6.07) is 0.337. The molecule has 1 heterocycles. The lowest BCUT2D eigenvalue weighted by Gasteiger charge is -2.05. The molecule has 1 aromatic rings.